The van der Waals surface area contributed by atoms with E-state index >= 15 is 0 Å². The second-order valence-electron chi connectivity index (χ2n) is 3.35. The molecule has 8 heteroatoms. The predicted molar refractivity (Wildman–Crippen MR) is 64.8 cm³/mol. The van der Waals surface area contributed by atoms with Gasteiger partial charge in [-0.15, -0.1) is 0 Å². The van der Waals surface area contributed by atoms with E-state index in [1.54, 1.807) is 0 Å². The lowest BCUT2D eigenvalue weighted by Crippen LogP contribution is -2.41. The summed E-state index contributed by atoms with van der Waals surface area (Å²) in [6.07, 6.45) is -0.0975. The maximum absolute atomic E-state index is 11.7. The average Bonchev–Trinajstić information content (AvgIpc) is 2.27. The van der Waals surface area contributed by atoms with Crippen molar-refractivity contribution in [3.63, 3.8) is 0 Å². The Kier molecular flexibility index (Phi) is 5.33. The number of carbonyl (C=O) groups is 2. The Morgan fingerprint density at radius 2 is 2.06 bits per heavy atom. The molecule has 1 aromatic heterocycles. The van der Waals surface area contributed by atoms with Gasteiger partial charge in [0.1, 0.15) is 16.3 Å². The minimum absolute atomic E-state index is 0.0188. The number of hydrogen-bond donors (Lipinski definition) is 3. The highest BCUT2D eigenvalue weighted by atomic mass is 35.5. The highest BCUT2D eigenvalue weighted by Crippen LogP contribution is 2.16. The van der Waals surface area contributed by atoms with Crippen molar-refractivity contribution >= 4 is 35.1 Å². The van der Waals surface area contributed by atoms with Gasteiger partial charge in [-0.25, -0.2) is 9.78 Å². The van der Waals surface area contributed by atoms with Gasteiger partial charge in [0.15, 0.2) is 0 Å². The molecule has 98 valence electrons. The van der Waals surface area contributed by atoms with Gasteiger partial charge in [0, 0.05) is 13.0 Å². The molecule has 3 N–H and O–H groups in total. The molecule has 1 heterocycles. The molecule has 0 unspecified atom stereocenters. The van der Waals surface area contributed by atoms with Crippen molar-refractivity contribution < 1.29 is 19.8 Å². The van der Waals surface area contributed by atoms with Gasteiger partial charge in [-0.1, -0.05) is 23.2 Å². The zero-order valence-corrected chi connectivity index (χ0v) is 10.6. The minimum Gasteiger partial charge on any atom is -0.480 e. The van der Waals surface area contributed by atoms with Crippen LogP contribution in [-0.4, -0.2) is 39.7 Å². The van der Waals surface area contributed by atoms with Crippen LogP contribution in [-0.2, 0) is 4.79 Å². The number of aliphatic carboxylic acids is 1. The second kappa shape index (κ2) is 6.53. The Bertz CT molecular complexity index is 467. The van der Waals surface area contributed by atoms with Crippen molar-refractivity contribution in [1.82, 2.24) is 10.3 Å². The molecular formula is C10H10Cl2N2O4. The number of carboxylic acid groups (broad SMARTS) is 1. The Hall–Kier alpha value is -1.37. The molecule has 0 aliphatic rings. The van der Waals surface area contributed by atoms with E-state index in [0.717, 1.165) is 0 Å². The molecule has 0 radical (unpaired) electrons. The molecule has 0 fully saturated rings. The molecule has 1 atom stereocenters. The van der Waals surface area contributed by atoms with Crippen LogP contribution in [0.15, 0.2) is 12.1 Å². The molecular weight excluding hydrogens is 283 g/mol. The molecule has 6 nitrogen and oxygen atoms in total. The van der Waals surface area contributed by atoms with Gasteiger partial charge in [0.2, 0.25) is 0 Å². The molecule has 0 saturated carbocycles. The summed E-state index contributed by atoms with van der Waals surface area (Å²) in [7, 11) is 0. The van der Waals surface area contributed by atoms with E-state index in [1.165, 1.54) is 12.1 Å². The van der Waals surface area contributed by atoms with Crippen molar-refractivity contribution in [2.24, 2.45) is 0 Å². The summed E-state index contributed by atoms with van der Waals surface area (Å²) in [6.45, 7) is -0.357. The Balaban J connectivity index is 2.83. The summed E-state index contributed by atoms with van der Waals surface area (Å²) in [4.78, 5) is 26.2. The van der Waals surface area contributed by atoms with E-state index in [4.69, 9.17) is 33.4 Å². The quantitative estimate of drug-likeness (QED) is 0.702. The number of nitrogens with zero attached hydrogens (tertiary/aromatic N) is 1. The van der Waals surface area contributed by atoms with Crippen molar-refractivity contribution in [2.75, 3.05) is 6.61 Å². The summed E-state index contributed by atoms with van der Waals surface area (Å²) >= 11 is 11.3. The average molecular weight is 293 g/mol. The van der Waals surface area contributed by atoms with Gasteiger partial charge in [-0.3, -0.25) is 4.79 Å². The highest BCUT2D eigenvalue weighted by Gasteiger charge is 2.21. The lowest BCUT2D eigenvalue weighted by atomic mass is 10.2. The van der Waals surface area contributed by atoms with Crippen LogP contribution in [0.1, 0.15) is 16.8 Å². The van der Waals surface area contributed by atoms with Crippen LogP contribution < -0.4 is 5.32 Å². The third-order valence-corrected chi connectivity index (χ3v) is 2.58. The molecule has 1 rings (SSSR count). The van der Waals surface area contributed by atoms with Crippen LogP contribution in [0.4, 0.5) is 0 Å². The topological polar surface area (TPSA) is 99.5 Å². The van der Waals surface area contributed by atoms with Crippen LogP contribution in [0.5, 0.6) is 0 Å². The monoisotopic (exact) mass is 292 g/mol. The number of amides is 1. The van der Waals surface area contributed by atoms with Gasteiger partial charge < -0.3 is 15.5 Å². The van der Waals surface area contributed by atoms with Gasteiger partial charge in [0.25, 0.3) is 5.91 Å². The Morgan fingerprint density at radius 3 is 2.56 bits per heavy atom. The van der Waals surface area contributed by atoms with E-state index in [9.17, 15) is 9.59 Å². The number of carbonyl (C=O) groups excluding carboxylic acids is 1. The molecule has 18 heavy (non-hydrogen) atoms. The first-order valence-corrected chi connectivity index (χ1v) is 5.68. The number of aliphatic hydroxyl groups is 1. The van der Waals surface area contributed by atoms with Gasteiger partial charge in [-0.05, 0) is 12.1 Å². The van der Waals surface area contributed by atoms with Gasteiger partial charge >= 0.3 is 5.97 Å². The maximum atomic E-state index is 11.7. The molecule has 0 saturated heterocycles. The fourth-order valence-corrected chi connectivity index (χ4v) is 1.63. The van der Waals surface area contributed by atoms with Crippen LogP contribution in [0, 0.1) is 0 Å². The first-order valence-electron chi connectivity index (χ1n) is 4.92. The SMILES string of the molecule is O=C(N[C@H](CCO)C(=O)O)c1ccc(Cl)nc1Cl. The van der Waals surface area contributed by atoms with Gasteiger partial charge in [0.05, 0.1) is 5.56 Å². The Labute approximate surface area is 113 Å². The zero-order valence-electron chi connectivity index (χ0n) is 9.06. The van der Waals surface area contributed by atoms with Crippen LogP contribution in [0.25, 0.3) is 0 Å². The minimum atomic E-state index is -1.24. The summed E-state index contributed by atoms with van der Waals surface area (Å²) in [6, 6.07) is 1.52. The zero-order chi connectivity index (χ0) is 13.7. The summed E-state index contributed by atoms with van der Waals surface area (Å²) in [5.41, 5.74) is 0.0188. The van der Waals surface area contributed by atoms with Crippen molar-refractivity contribution in [3.05, 3.63) is 28.0 Å². The number of aromatic nitrogens is 1. The summed E-state index contributed by atoms with van der Waals surface area (Å²) < 4.78 is 0. The highest BCUT2D eigenvalue weighted by molar-refractivity contribution is 6.34. The fourth-order valence-electron chi connectivity index (χ4n) is 1.20. The number of nitrogens with one attached hydrogen (secondary N) is 1. The predicted octanol–water partition coefficient (Wildman–Crippen LogP) is 0.954. The molecule has 0 bridgehead atoms. The number of rotatable bonds is 5. The number of carboxylic acids is 1. The third-order valence-electron chi connectivity index (χ3n) is 2.08. The third kappa shape index (κ3) is 3.83. The smallest absolute Gasteiger partial charge is 0.326 e. The maximum Gasteiger partial charge on any atom is 0.326 e. The summed E-state index contributed by atoms with van der Waals surface area (Å²) in [5.74, 6) is -1.93. The normalized spacial score (nSPS) is 11.9. The van der Waals surface area contributed by atoms with E-state index < -0.39 is 17.9 Å². The first-order chi connectivity index (χ1) is 8.45. The van der Waals surface area contributed by atoms with E-state index in [2.05, 4.69) is 10.3 Å². The molecule has 0 aliphatic carbocycles. The number of aliphatic hydroxyl groups excluding tert-OH is 1. The lowest BCUT2D eigenvalue weighted by molar-refractivity contribution is -0.139. The summed E-state index contributed by atoms with van der Waals surface area (Å²) in [5, 5.41) is 19.7. The number of halogens is 2. The molecule has 0 spiro atoms. The number of hydrogen-bond acceptors (Lipinski definition) is 4. The van der Waals surface area contributed by atoms with Crippen molar-refractivity contribution in [1.29, 1.82) is 0 Å². The molecule has 1 amide bonds. The lowest BCUT2D eigenvalue weighted by Gasteiger charge is -2.13. The number of pyridine rings is 1. The first kappa shape index (κ1) is 14.7. The standard InChI is InChI=1S/C10H10Cl2N2O4/c11-7-2-1-5(8(12)14-7)9(16)13-6(3-4-15)10(17)18/h1-2,6,15H,3-4H2,(H,13,16)(H,17,18)/t6-/m1/s1. The van der Waals surface area contributed by atoms with Crippen LogP contribution in [0.2, 0.25) is 10.3 Å². The molecule has 1 aromatic rings. The van der Waals surface area contributed by atoms with Crippen molar-refractivity contribution in [3.8, 4) is 0 Å². The van der Waals surface area contributed by atoms with E-state index in [1.807, 2.05) is 0 Å². The largest absolute Gasteiger partial charge is 0.480 e. The van der Waals surface area contributed by atoms with Crippen LogP contribution in [0.3, 0.4) is 0 Å². The Morgan fingerprint density at radius 1 is 1.39 bits per heavy atom. The molecule has 0 aliphatic heterocycles. The second-order valence-corrected chi connectivity index (χ2v) is 4.09. The van der Waals surface area contributed by atoms with E-state index in [0.29, 0.717) is 0 Å². The fraction of sp³-hybridized carbons (Fsp3) is 0.300. The molecule has 0 aromatic carbocycles. The van der Waals surface area contributed by atoms with Crippen LogP contribution >= 0.6 is 23.2 Å². The van der Waals surface area contributed by atoms with E-state index in [-0.39, 0.29) is 28.9 Å². The van der Waals surface area contributed by atoms with Gasteiger partial charge in [-0.2, -0.15) is 0 Å². The van der Waals surface area contributed by atoms with Crippen molar-refractivity contribution in [2.45, 2.75) is 12.5 Å².